The lowest BCUT2D eigenvalue weighted by Crippen LogP contribution is -2.08. The van der Waals surface area contributed by atoms with Crippen LogP contribution in [0.15, 0.2) is 97.1 Å². The molecule has 0 aliphatic heterocycles. The number of nitrogens with one attached hydrogen (secondary N) is 1. The van der Waals surface area contributed by atoms with Crippen LogP contribution in [0.25, 0.3) is 22.2 Å². The van der Waals surface area contributed by atoms with Gasteiger partial charge in [0.05, 0.1) is 16.9 Å². The minimum atomic E-state index is -0.0403. The average molecular weight is 430 g/mol. The van der Waals surface area contributed by atoms with Crippen molar-refractivity contribution in [2.45, 2.75) is 13.8 Å². The van der Waals surface area contributed by atoms with Crippen LogP contribution >= 0.6 is 0 Å². The molecule has 0 bridgehead atoms. The molecule has 33 heavy (non-hydrogen) atoms. The lowest BCUT2D eigenvalue weighted by molar-refractivity contribution is 0.103. The van der Waals surface area contributed by atoms with Crippen molar-refractivity contribution in [3.05, 3.63) is 119 Å². The van der Waals surface area contributed by atoms with Crippen LogP contribution in [0.3, 0.4) is 0 Å². The third-order valence-electron chi connectivity index (χ3n) is 5.60. The quantitative estimate of drug-likeness (QED) is 0.309. The summed E-state index contributed by atoms with van der Waals surface area (Å²) in [7, 11) is 0. The van der Waals surface area contributed by atoms with Crippen LogP contribution in [-0.2, 0) is 0 Å². The van der Waals surface area contributed by atoms with Gasteiger partial charge >= 0.3 is 0 Å². The topological polar surface area (TPSA) is 54.9 Å². The van der Waals surface area contributed by atoms with E-state index < -0.39 is 0 Å². The van der Waals surface area contributed by atoms with Crippen molar-refractivity contribution < 1.29 is 4.79 Å². The monoisotopic (exact) mass is 429 g/mol. The number of fused-ring (bicyclic) bond motifs is 1. The van der Waals surface area contributed by atoms with Gasteiger partial charge in [0, 0.05) is 22.1 Å². The van der Waals surface area contributed by atoms with Gasteiger partial charge in [-0.15, -0.1) is 0 Å². The number of hydrogen-bond acceptors (Lipinski definition) is 4. The molecule has 0 unspecified atom stereocenters. The maximum absolute atomic E-state index is 13.3. The third-order valence-corrected chi connectivity index (χ3v) is 5.60. The molecule has 4 nitrogen and oxygen atoms in total. The fourth-order valence-corrected chi connectivity index (χ4v) is 3.93. The average Bonchev–Trinajstić information content (AvgIpc) is 2.85. The van der Waals surface area contributed by atoms with E-state index in [1.807, 2.05) is 97.9 Å². The van der Waals surface area contributed by atoms with Crippen molar-refractivity contribution in [1.29, 1.82) is 0 Å². The number of aromatic nitrogens is 2. The molecule has 0 spiro atoms. The molecule has 1 N–H and O–H groups in total. The minimum Gasteiger partial charge on any atom is -0.323 e. The van der Waals surface area contributed by atoms with Crippen molar-refractivity contribution in [2.24, 2.45) is 0 Å². The van der Waals surface area contributed by atoms with Gasteiger partial charge in [-0.1, -0.05) is 83.9 Å². The van der Waals surface area contributed by atoms with E-state index in [-0.39, 0.29) is 5.78 Å². The molecule has 5 aromatic rings. The highest BCUT2D eigenvalue weighted by Crippen LogP contribution is 2.30. The second kappa shape index (κ2) is 8.67. The summed E-state index contributed by atoms with van der Waals surface area (Å²) in [6.45, 7) is 4.04. The number of ketones is 1. The van der Waals surface area contributed by atoms with Gasteiger partial charge in [0.15, 0.2) is 5.78 Å². The van der Waals surface area contributed by atoms with E-state index >= 15 is 0 Å². The van der Waals surface area contributed by atoms with Crippen LogP contribution in [0.1, 0.15) is 27.0 Å². The number of rotatable bonds is 5. The summed E-state index contributed by atoms with van der Waals surface area (Å²) < 4.78 is 0. The second-order valence-corrected chi connectivity index (χ2v) is 8.15. The van der Waals surface area contributed by atoms with Crippen LogP contribution in [0.5, 0.6) is 0 Å². The van der Waals surface area contributed by atoms with Gasteiger partial charge in [0.1, 0.15) is 0 Å². The molecule has 5 rings (SSSR count). The Balaban J connectivity index is 1.62. The maximum atomic E-state index is 13.3. The summed E-state index contributed by atoms with van der Waals surface area (Å²) in [5.41, 5.74) is 6.80. The first-order chi connectivity index (χ1) is 16.1. The van der Waals surface area contributed by atoms with Crippen molar-refractivity contribution in [3.8, 4) is 11.3 Å². The molecule has 1 aromatic heterocycles. The van der Waals surface area contributed by atoms with Crippen LogP contribution in [-0.4, -0.2) is 15.8 Å². The molecule has 0 amide bonds. The summed E-state index contributed by atoms with van der Waals surface area (Å²) in [6, 6.07) is 31.4. The molecule has 0 saturated carbocycles. The number of carbonyl (C=O) groups excluding carboxylic acids is 1. The van der Waals surface area contributed by atoms with Crippen LogP contribution in [0.4, 0.5) is 11.6 Å². The van der Waals surface area contributed by atoms with Crippen LogP contribution < -0.4 is 5.32 Å². The van der Waals surface area contributed by atoms with Crippen molar-refractivity contribution in [1.82, 2.24) is 9.97 Å². The number of carbonyl (C=O) groups is 1. The number of aryl methyl sites for hydroxylation is 2. The Morgan fingerprint density at radius 2 is 1.39 bits per heavy atom. The van der Waals surface area contributed by atoms with Gasteiger partial charge in [0.2, 0.25) is 5.95 Å². The Morgan fingerprint density at radius 3 is 2.15 bits per heavy atom. The van der Waals surface area contributed by atoms with E-state index in [9.17, 15) is 4.79 Å². The molecular formula is C29H23N3O. The standard InChI is InChI=1S/C29H23N3O/c1-19-13-15-25-23(17-19)27(21-9-5-3-6-10-21)32-29(30-25)31-26-16-14-20(2)18-24(26)28(33)22-11-7-4-8-12-22/h3-18H,1-2H3,(H,30,31,32). The molecule has 0 radical (unpaired) electrons. The Bertz CT molecular complexity index is 1460. The third kappa shape index (κ3) is 4.23. The summed E-state index contributed by atoms with van der Waals surface area (Å²) in [5.74, 6) is 0.415. The fourth-order valence-electron chi connectivity index (χ4n) is 3.93. The van der Waals surface area contributed by atoms with Crippen molar-refractivity contribution >= 4 is 28.3 Å². The van der Waals surface area contributed by atoms with E-state index in [2.05, 4.69) is 18.3 Å². The number of benzene rings is 4. The summed E-state index contributed by atoms with van der Waals surface area (Å²) in [4.78, 5) is 22.9. The molecule has 160 valence electrons. The summed E-state index contributed by atoms with van der Waals surface area (Å²) in [5, 5.41) is 4.32. The fraction of sp³-hybridized carbons (Fsp3) is 0.0690. The van der Waals surface area contributed by atoms with E-state index in [0.29, 0.717) is 22.8 Å². The van der Waals surface area contributed by atoms with Crippen molar-refractivity contribution in [3.63, 3.8) is 0 Å². The zero-order chi connectivity index (χ0) is 22.8. The Kier molecular flexibility index (Phi) is 5.41. The van der Waals surface area contributed by atoms with Crippen molar-refractivity contribution in [2.75, 3.05) is 5.32 Å². The lowest BCUT2D eigenvalue weighted by Gasteiger charge is -2.14. The van der Waals surface area contributed by atoms with E-state index in [1.54, 1.807) is 0 Å². The molecule has 4 heteroatoms. The highest BCUT2D eigenvalue weighted by molar-refractivity contribution is 6.12. The van der Waals surface area contributed by atoms with E-state index in [1.165, 1.54) is 0 Å². The largest absolute Gasteiger partial charge is 0.323 e. The van der Waals surface area contributed by atoms with Gasteiger partial charge < -0.3 is 5.32 Å². The summed E-state index contributed by atoms with van der Waals surface area (Å²) in [6.07, 6.45) is 0. The van der Waals surface area contributed by atoms with Crippen LogP contribution in [0, 0.1) is 13.8 Å². The molecule has 0 fully saturated rings. The predicted molar refractivity (Wildman–Crippen MR) is 134 cm³/mol. The molecule has 4 aromatic carbocycles. The first-order valence-corrected chi connectivity index (χ1v) is 10.9. The highest BCUT2D eigenvalue weighted by Gasteiger charge is 2.16. The van der Waals surface area contributed by atoms with Gasteiger partial charge in [-0.05, 0) is 38.1 Å². The number of nitrogens with zero attached hydrogens (tertiary/aromatic N) is 2. The molecule has 0 saturated heterocycles. The molecule has 0 aliphatic carbocycles. The van der Waals surface area contributed by atoms with Gasteiger partial charge in [-0.2, -0.15) is 0 Å². The smallest absolute Gasteiger partial charge is 0.228 e. The second-order valence-electron chi connectivity index (χ2n) is 8.15. The number of hydrogen-bond donors (Lipinski definition) is 1. The predicted octanol–water partition coefficient (Wildman–Crippen LogP) is 6.89. The molecular weight excluding hydrogens is 406 g/mol. The van der Waals surface area contributed by atoms with Gasteiger partial charge in [-0.3, -0.25) is 4.79 Å². The van der Waals surface area contributed by atoms with Gasteiger partial charge in [-0.25, -0.2) is 9.97 Å². The number of anilines is 2. The van der Waals surface area contributed by atoms with E-state index in [4.69, 9.17) is 9.97 Å². The van der Waals surface area contributed by atoms with Crippen LogP contribution in [0.2, 0.25) is 0 Å². The molecule has 0 atom stereocenters. The Morgan fingerprint density at radius 1 is 0.727 bits per heavy atom. The Labute approximate surface area is 193 Å². The zero-order valence-electron chi connectivity index (χ0n) is 18.5. The highest BCUT2D eigenvalue weighted by atomic mass is 16.1. The van der Waals surface area contributed by atoms with E-state index in [0.717, 1.165) is 33.3 Å². The molecule has 1 heterocycles. The zero-order valence-corrected chi connectivity index (χ0v) is 18.5. The minimum absolute atomic E-state index is 0.0403. The SMILES string of the molecule is Cc1ccc(Nc2nc(-c3ccccc3)c3cc(C)ccc3n2)c(C(=O)c2ccccc2)c1. The first-order valence-electron chi connectivity index (χ1n) is 10.9. The summed E-state index contributed by atoms with van der Waals surface area (Å²) >= 11 is 0. The lowest BCUT2D eigenvalue weighted by atomic mass is 10.00. The Hall–Kier alpha value is -4.31. The maximum Gasteiger partial charge on any atom is 0.228 e. The normalized spacial score (nSPS) is 10.8. The molecule has 0 aliphatic rings. The first kappa shape index (κ1) is 20.6. The van der Waals surface area contributed by atoms with Gasteiger partial charge in [0.25, 0.3) is 0 Å².